The van der Waals surface area contributed by atoms with E-state index < -0.39 is 5.41 Å². The summed E-state index contributed by atoms with van der Waals surface area (Å²) in [4.78, 5) is 14.7. The number of nitrogens with zero attached hydrogens (tertiary/aromatic N) is 1. The van der Waals surface area contributed by atoms with Gasteiger partial charge in [-0.05, 0) is 18.4 Å². The predicted molar refractivity (Wildman–Crippen MR) is 94.6 cm³/mol. The van der Waals surface area contributed by atoms with Crippen LogP contribution in [-0.2, 0) is 5.41 Å². The molecule has 2 aromatic carbocycles. The lowest BCUT2D eigenvalue weighted by Gasteiger charge is -2.42. The van der Waals surface area contributed by atoms with E-state index in [1.165, 1.54) is 12.1 Å². The lowest BCUT2D eigenvalue weighted by molar-refractivity contribution is 0.0540. The summed E-state index contributed by atoms with van der Waals surface area (Å²) < 4.78 is 10.5. The van der Waals surface area contributed by atoms with Gasteiger partial charge in [-0.3, -0.25) is 4.79 Å². The van der Waals surface area contributed by atoms with E-state index in [-0.39, 0.29) is 30.6 Å². The molecule has 2 heterocycles. The van der Waals surface area contributed by atoms with Crippen LogP contribution in [0.1, 0.15) is 28.8 Å². The lowest BCUT2D eigenvalue weighted by Crippen LogP contribution is -2.50. The molecule has 2 aliphatic heterocycles. The minimum absolute atomic E-state index is 0.0338. The van der Waals surface area contributed by atoms with Gasteiger partial charge in [-0.25, -0.2) is 0 Å². The average Bonchev–Trinajstić information content (AvgIpc) is 3.14. The van der Waals surface area contributed by atoms with Gasteiger partial charge < -0.3 is 24.6 Å². The Hall–Kier alpha value is -2.73. The molecular formula is C20H21NO5. The first-order valence-corrected chi connectivity index (χ1v) is 8.71. The summed E-state index contributed by atoms with van der Waals surface area (Å²) in [7, 11) is 0. The summed E-state index contributed by atoms with van der Waals surface area (Å²) in [5.74, 6) is 0.500. The van der Waals surface area contributed by atoms with Crippen molar-refractivity contribution in [2.24, 2.45) is 0 Å². The molecular weight excluding hydrogens is 334 g/mol. The summed E-state index contributed by atoms with van der Waals surface area (Å²) in [6.07, 6.45) is 1.59. The Morgan fingerprint density at radius 1 is 1.15 bits per heavy atom. The largest absolute Gasteiger partial charge is 0.507 e. The van der Waals surface area contributed by atoms with Crippen LogP contribution in [-0.4, -0.2) is 47.5 Å². The highest BCUT2D eigenvalue weighted by Crippen LogP contribution is 2.39. The van der Waals surface area contributed by atoms with Crippen molar-refractivity contribution in [1.82, 2.24) is 4.90 Å². The highest BCUT2D eigenvalue weighted by molar-refractivity contribution is 5.98. The first-order valence-electron chi connectivity index (χ1n) is 8.71. The molecule has 2 N–H and O–H groups in total. The number of ether oxygens (including phenoxy) is 2. The number of fused-ring (bicyclic) bond motifs is 1. The molecule has 1 atom stereocenters. The van der Waals surface area contributed by atoms with Gasteiger partial charge in [-0.2, -0.15) is 0 Å². The van der Waals surface area contributed by atoms with Crippen LogP contribution in [0, 0.1) is 0 Å². The van der Waals surface area contributed by atoms with Crippen molar-refractivity contribution in [2.45, 2.75) is 18.3 Å². The number of rotatable bonds is 3. The van der Waals surface area contributed by atoms with Crippen LogP contribution in [0.2, 0.25) is 0 Å². The quantitative estimate of drug-likeness (QED) is 0.883. The number of likely N-dealkylation sites (tertiary alicyclic amines) is 1. The molecule has 0 unspecified atom stereocenters. The molecule has 1 fully saturated rings. The van der Waals surface area contributed by atoms with Crippen molar-refractivity contribution in [2.75, 3.05) is 26.5 Å². The molecule has 2 aliphatic rings. The van der Waals surface area contributed by atoms with Crippen LogP contribution in [0.3, 0.4) is 0 Å². The van der Waals surface area contributed by atoms with Crippen LogP contribution in [0.15, 0.2) is 42.5 Å². The molecule has 1 amide bonds. The number of carbonyl (C=O) groups excluding carboxylic acids is 1. The first-order chi connectivity index (χ1) is 12.6. The minimum atomic E-state index is -0.485. The number of hydrogen-bond donors (Lipinski definition) is 2. The van der Waals surface area contributed by atoms with Crippen LogP contribution in [0.5, 0.6) is 17.2 Å². The fraction of sp³-hybridized carbons (Fsp3) is 0.350. The summed E-state index contributed by atoms with van der Waals surface area (Å²) in [5, 5.41) is 20.4. The zero-order chi connectivity index (χ0) is 18.1. The Kier molecular flexibility index (Phi) is 4.20. The van der Waals surface area contributed by atoms with E-state index >= 15 is 0 Å². The molecule has 0 bridgehead atoms. The molecule has 2 aromatic rings. The molecule has 1 saturated heterocycles. The summed E-state index contributed by atoms with van der Waals surface area (Å²) >= 11 is 0. The summed E-state index contributed by atoms with van der Waals surface area (Å²) in [6, 6.07) is 12.7. The minimum Gasteiger partial charge on any atom is -0.507 e. The predicted octanol–water partition coefficient (Wildman–Crippen LogP) is 2.29. The van der Waals surface area contributed by atoms with Crippen LogP contribution in [0.25, 0.3) is 0 Å². The maximum atomic E-state index is 13.0. The maximum Gasteiger partial charge on any atom is 0.257 e. The lowest BCUT2D eigenvalue weighted by atomic mass is 9.74. The van der Waals surface area contributed by atoms with Gasteiger partial charge in [0.25, 0.3) is 5.91 Å². The molecule has 0 aromatic heterocycles. The SMILES string of the molecule is O=C(c1cc2c(cc1O)OCO2)N1CCC[C@](CO)(c2ccccc2)C1. The highest BCUT2D eigenvalue weighted by atomic mass is 16.7. The van der Waals surface area contributed by atoms with Crippen LogP contribution < -0.4 is 9.47 Å². The van der Waals surface area contributed by atoms with E-state index in [4.69, 9.17) is 9.47 Å². The Balaban J connectivity index is 1.63. The maximum absolute atomic E-state index is 13.0. The van der Waals surface area contributed by atoms with Gasteiger partial charge in [0.05, 0.1) is 12.2 Å². The fourth-order valence-corrected chi connectivity index (χ4v) is 3.83. The number of phenolic OH excluding ortho intramolecular Hbond substituents is 1. The first kappa shape index (κ1) is 16.7. The van der Waals surface area contributed by atoms with Crippen LogP contribution >= 0.6 is 0 Å². The van der Waals surface area contributed by atoms with E-state index in [1.807, 2.05) is 30.3 Å². The Morgan fingerprint density at radius 3 is 2.62 bits per heavy atom. The van der Waals surface area contributed by atoms with Gasteiger partial charge >= 0.3 is 0 Å². The highest BCUT2D eigenvalue weighted by Gasteiger charge is 2.39. The molecule has 26 heavy (non-hydrogen) atoms. The zero-order valence-electron chi connectivity index (χ0n) is 14.4. The molecule has 6 heteroatoms. The smallest absolute Gasteiger partial charge is 0.257 e. The number of benzene rings is 2. The van der Waals surface area contributed by atoms with Crippen molar-refractivity contribution in [1.29, 1.82) is 0 Å². The van der Waals surface area contributed by atoms with Crippen molar-refractivity contribution < 1.29 is 24.5 Å². The Labute approximate surface area is 151 Å². The molecule has 4 rings (SSSR count). The topological polar surface area (TPSA) is 79.2 Å². The average molecular weight is 355 g/mol. The number of carbonyl (C=O) groups is 1. The number of aliphatic hydroxyl groups is 1. The number of phenols is 1. The van der Waals surface area contributed by atoms with Crippen LogP contribution in [0.4, 0.5) is 0 Å². The molecule has 136 valence electrons. The third kappa shape index (κ3) is 2.76. The van der Waals surface area contributed by atoms with E-state index in [1.54, 1.807) is 4.90 Å². The molecule has 0 aliphatic carbocycles. The third-order valence-electron chi connectivity index (χ3n) is 5.27. The number of amides is 1. The van der Waals surface area contributed by atoms with Gasteiger partial charge in [-0.15, -0.1) is 0 Å². The second kappa shape index (κ2) is 6.53. The van der Waals surface area contributed by atoms with Gasteiger partial charge in [0, 0.05) is 30.6 Å². The summed E-state index contributed by atoms with van der Waals surface area (Å²) in [5.41, 5.74) is 0.729. The molecule has 0 saturated carbocycles. The molecule has 0 spiro atoms. The molecule has 6 nitrogen and oxygen atoms in total. The van der Waals surface area contributed by atoms with Crippen molar-refractivity contribution in [3.63, 3.8) is 0 Å². The van der Waals surface area contributed by atoms with E-state index in [0.717, 1.165) is 18.4 Å². The van der Waals surface area contributed by atoms with E-state index in [9.17, 15) is 15.0 Å². The van der Waals surface area contributed by atoms with E-state index in [2.05, 4.69) is 0 Å². The number of aliphatic hydroxyl groups excluding tert-OH is 1. The Morgan fingerprint density at radius 2 is 1.88 bits per heavy atom. The van der Waals surface area contributed by atoms with Gasteiger partial charge in [0.15, 0.2) is 11.5 Å². The standard InChI is InChI=1S/C20H21NO5/c22-12-20(14-5-2-1-3-6-14)7-4-8-21(11-20)19(24)15-9-17-18(10-16(15)23)26-13-25-17/h1-3,5-6,9-10,22-23H,4,7-8,11-13H2/t20-/m0/s1. The van der Waals surface area contributed by atoms with Gasteiger partial charge in [0.1, 0.15) is 5.75 Å². The Bertz CT molecular complexity index is 822. The third-order valence-corrected chi connectivity index (χ3v) is 5.27. The van der Waals surface area contributed by atoms with Gasteiger partial charge in [-0.1, -0.05) is 30.3 Å². The van der Waals surface area contributed by atoms with Crippen molar-refractivity contribution in [3.8, 4) is 17.2 Å². The number of piperidine rings is 1. The summed E-state index contributed by atoms with van der Waals surface area (Å²) in [6.45, 7) is 1.03. The van der Waals surface area contributed by atoms with Gasteiger partial charge in [0.2, 0.25) is 6.79 Å². The number of aromatic hydroxyl groups is 1. The second-order valence-electron chi connectivity index (χ2n) is 6.86. The van der Waals surface area contributed by atoms with E-state index in [0.29, 0.717) is 24.6 Å². The normalized spacial score (nSPS) is 21.7. The monoisotopic (exact) mass is 355 g/mol. The van der Waals surface area contributed by atoms with Crippen molar-refractivity contribution in [3.05, 3.63) is 53.6 Å². The van der Waals surface area contributed by atoms with Crippen molar-refractivity contribution >= 4 is 5.91 Å². The zero-order valence-corrected chi connectivity index (χ0v) is 14.4. The number of hydrogen-bond acceptors (Lipinski definition) is 5. The molecule has 0 radical (unpaired) electrons. The second-order valence-corrected chi connectivity index (χ2v) is 6.86. The fourth-order valence-electron chi connectivity index (χ4n) is 3.83.